The minimum Gasteiger partial charge on any atom is -0.381 e. The number of carbonyl (C=O) groups is 2. The third-order valence-corrected chi connectivity index (χ3v) is 3.01. The van der Waals surface area contributed by atoms with Gasteiger partial charge in [-0.25, -0.2) is 0 Å². The maximum atomic E-state index is 11.9. The van der Waals surface area contributed by atoms with Gasteiger partial charge < -0.3 is 15.8 Å². The first-order chi connectivity index (χ1) is 9.15. The highest BCUT2D eigenvalue weighted by molar-refractivity contribution is 5.91. The number of aryl methyl sites for hydroxylation is 1. The molecule has 0 spiro atoms. The van der Waals surface area contributed by atoms with Crippen LogP contribution in [0.2, 0.25) is 0 Å². The zero-order valence-corrected chi connectivity index (χ0v) is 10.7. The van der Waals surface area contributed by atoms with Gasteiger partial charge in [0.1, 0.15) is 0 Å². The van der Waals surface area contributed by atoms with Crippen molar-refractivity contribution >= 4 is 17.6 Å². The molecule has 1 atom stereocenters. The summed E-state index contributed by atoms with van der Waals surface area (Å²) in [5.41, 5.74) is 5.06. The average Bonchev–Trinajstić information content (AvgIpc) is 2.85. The zero-order valence-electron chi connectivity index (χ0n) is 10.7. The van der Waals surface area contributed by atoms with E-state index in [4.69, 9.17) is 10.5 Å². The maximum absolute atomic E-state index is 11.9. The van der Waals surface area contributed by atoms with Crippen molar-refractivity contribution in [2.75, 3.05) is 18.5 Å². The summed E-state index contributed by atoms with van der Waals surface area (Å²) in [6.07, 6.45) is 3.68. The van der Waals surface area contributed by atoms with Crippen molar-refractivity contribution < 1.29 is 14.3 Å². The molecule has 2 heterocycles. The predicted octanol–water partition coefficient (Wildman–Crippen LogP) is 0.124. The molecule has 1 aliphatic heterocycles. The Kier molecular flexibility index (Phi) is 4.51. The minimum absolute atomic E-state index is 0.0696. The molecule has 2 rings (SSSR count). The Morgan fingerprint density at radius 2 is 2.42 bits per heavy atom. The lowest BCUT2D eigenvalue weighted by Crippen LogP contribution is -2.30. The van der Waals surface area contributed by atoms with Gasteiger partial charge in [-0.3, -0.25) is 14.3 Å². The molecule has 1 fully saturated rings. The SMILES string of the molecule is NC(=O)CCn1ccc(NC(=O)[C@H]2CCCOC2)n1. The highest BCUT2D eigenvalue weighted by Gasteiger charge is 2.22. The summed E-state index contributed by atoms with van der Waals surface area (Å²) in [5.74, 6) is -0.0649. The Bertz CT molecular complexity index is 452. The summed E-state index contributed by atoms with van der Waals surface area (Å²) in [6, 6.07) is 1.70. The number of aromatic nitrogens is 2. The van der Waals surface area contributed by atoms with Gasteiger partial charge in [-0.1, -0.05) is 0 Å². The van der Waals surface area contributed by atoms with Crippen LogP contribution in [0.1, 0.15) is 19.3 Å². The summed E-state index contributed by atoms with van der Waals surface area (Å²) >= 11 is 0. The van der Waals surface area contributed by atoms with Crippen molar-refractivity contribution in [3.63, 3.8) is 0 Å². The summed E-state index contributed by atoms with van der Waals surface area (Å²) in [7, 11) is 0. The molecule has 0 radical (unpaired) electrons. The molecule has 1 aromatic rings. The van der Waals surface area contributed by atoms with Crippen LogP contribution in [0.4, 0.5) is 5.82 Å². The summed E-state index contributed by atoms with van der Waals surface area (Å²) in [5, 5.41) is 6.91. The highest BCUT2D eigenvalue weighted by atomic mass is 16.5. The van der Waals surface area contributed by atoms with Crippen LogP contribution < -0.4 is 11.1 Å². The van der Waals surface area contributed by atoms with Crippen LogP contribution in [0, 0.1) is 5.92 Å². The molecule has 1 aliphatic rings. The van der Waals surface area contributed by atoms with Crippen molar-refractivity contribution in [2.24, 2.45) is 11.7 Å². The minimum atomic E-state index is -0.375. The molecule has 7 nitrogen and oxygen atoms in total. The van der Waals surface area contributed by atoms with E-state index in [1.54, 1.807) is 16.9 Å². The first-order valence-electron chi connectivity index (χ1n) is 6.35. The van der Waals surface area contributed by atoms with Gasteiger partial charge in [-0.05, 0) is 12.8 Å². The lowest BCUT2D eigenvalue weighted by molar-refractivity contribution is -0.123. The maximum Gasteiger partial charge on any atom is 0.231 e. The van der Waals surface area contributed by atoms with Crippen molar-refractivity contribution in [3.05, 3.63) is 12.3 Å². The molecule has 7 heteroatoms. The Hall–Kier alpha value is -1.89. The molecular weight excluding hydrogens is 248 g/mol. The number of rotatable bonds is 5. The summed E-state index contributed by atoms with van der Waals surface area (Å²) in [4.78, 5) is 22.6. The van der Waals surface area contributed by atoms with E-state index in [0.29, 0.717) is 19.0 Å². The highest BCUT2D eigenvalue weighted by Crippen LogP contribution is 2.15. The number of hydrogen-bond acceptors (Lipinski definition) is 4. The normalized spacial score (nSPS) is 19.1. The van der Waals surface area contributed by atoms with Crippen LogP contribution in [-0.2, 0) is 20.9 Å². The van der Waals surface area contributed by atoms with E-state index in [0.717, 1.165) is 19.4 Å². The third kappa shape index (κ3) is 4.06. The Morgan fingerprint density at radius 1 is 1.58 bits per heavy atom. The van der Waals surface area contributed by atoms with E-state index in [-0.39, 0.29) is 24.2 Å². The number of nitrogens with two attached hydrogens (primary N) is 1. The standard InChI is InChI=1S/C12H18N4O3/c13-10(17)3-5-16-6-4-11(15-16)14-12(18)9-2-1-7-19-8-9/h4,6,9H,1-3,5,7-8H2,(H2,13,17)(H,14,15,18)/t9-/m0/s1. The molecule has 2 amide bonds. The molecule has 1 saturated heterocycles. The van der Waals surface area contributed by atoms with Gasteiger partial charge in [0, 0.05) is 31.8 Å². The van der Waals surface area contributed by atoms with Crippen molar-refractivity contribution in [1.29, 1.82) is 0 Å². The van der Waals surface area contributed by atoms with E-state index >= 15 is 0 Å². The first kappa shape index (κ1) is 13.5. The summed E-state index contributed by atoms with van der Waals surface area (Å²) < 4.78 is 6.85. The number of nitrogens with zero attached hydrogens (tertiary/aromatic N) is 2. The van der Waals surface area contributed by atoms with E-state index in [2.05, 4.69) is 10.4 Å². The molecule has 1 aromatic heterocycles. The second-order valence-electron chi connectivity index (χ2n) is 4.58. The number of amides is 2. The van der Waals surface area contributed by atoms with Gasteiger partial charge >= 0.3 is 0 Å². The van der Waals surface area contributed by atoms with Crippen molar-refractivity contribution in [1.82, 2.24) is 9.78 Å². The molecule has 3 N–H and O–H groups in total. The van der Waals surface area contributed by atoms with Gasteiger partial charge in [0.05, 0.1) is 12.5 Å². The monoisotopic (exact) mass is 266 g/mol. The van der Waals surface area contributed by atoms with Gasteiger partial charge in [-0.2, -0.15) is 5.10 Å². The van der Waals surface area contributed by atoms with Crippen LogP contribution in [0.25, 0.3) is 0 Å². The summed E-state index contributed by atoms with van der Waals surface area (Å²) in [6.45, 7) is 1.61. The van der Waals surface area contributed by atoms with Gasteiger partial charge in [-0.15, -0.1) is 0 Å². The number of primary amides is 1. The van der Waals surface area contributed by atoms with E-state index in [9.17, 15) is 9.59 Å². The van der Waals surface area contributed by atoms with Gasteiger partial charge in [0.2, 0.25) is 11.8 Å². The fourth-order valence-electron chi connectivity index (χ4n) is 1.95. The smallest absolute Gasteiger partial charge is 0.231 e. The third-order valence-electron chi connectivity index (χ3n) is 3.01. The molecule has 104 valence electrons. The van der Waals surface area contributed by atoms with Crippen LogP contribution in [0.15, 0.2) is 12.3 Å². The van der Waals surface area contributed by atoms with E-state index in [1.807, 2.05) is 0 Å². The van der Waals surface area contributed by atoms with Gasteiger partial charge in [0.15, 0.2) is 5.82 Å². The quantitative estimate of drug-likeness (QED) is 0.790. The first-order valence-corrected chi connectivity index (χ1v) is 6.35. The topological polar surface area (TPSA) is 99.2 Å². The molecule has 0 aromatic carbocycles. The fourth-order valence-corrected chi connectivity index (χ4v) is 1.95. The Morgan fingerprint density at radius 3 is 3.11 bits per heavy atom. The molecule has 19 heavy (non-hydrogen) atoms. The molecule has 0 bridgehead atoms. The van der Waals surface area contributed by atoms with Crippen molar-refractivity contribution in [3.8, 4) is 0 Å². The van der Waals surface area contributed by atoms with Crippen LogP contribution in [-0.4, -0.2) is 34.8 Å². The zero-order chi connectivity index (χ0) is 13.7. The molecule has 0 aliphatic carbocycles. The Labute approximate surface area is 111 Å². The molecular formula is C12H18N4O3. The number of anilines is 1. The molecule has 0 saturated carbocycles. The predicted molar refractivity (Wildman–Crippen MR) is 68.2 cm³/mol. The number of nitrogens with one attached hydrogen (secondary N) is 1. The molecule has 0 unspecified atom stereocenters. The average molecular weight is 266 g/mol. The lowest BCUT2D eigenvalue weighted by atomic mass is 10.0. The van der Waals surface area contributed by atoms with Crippen LogP contribution in [0.3, 0.4) is 0 Å². The van der Waals surface area contributed by atoms with Crippen molar-refractivity contribution in [2.45, 2.75) is 25.8 Å². The Balaban J connectivity index is 1.84. The largest absolute Gasteiger partial charge is 0.381 e. The second-order valence-corrected chi connectivity index (χ2v) is 4.58. The fraction of sp³-hybridized carbons (Fsp3) is 0.583. The van der Waals surface area contributed by atoms with E-state index < -0.39 is 0 Å². The van der Waals surface area contributed by atoms with Gasteiger partial charge in [0.25, 0.3) is 0 Å². The number of carbonyl (C=O) groups excluding carboxylic acids is 2. The number of hydrogen-bond donors (Lipinski definition) is 2. The van der Waals surface area contributed by atoms with Crippen LogP contribution >= 0.6 is 0 Å². The van der Waals surface area contributed by atoms with E-state index in [1.165, 1.54) is 0 Å². The van der Waals surface area contributed by atoms with Crippen LogP contribution in [0.5, 0.6) is 0 Å². The lowest BCUT2D eigenvalue weighted by Gasteiger charge is -2.20. The number of ether oxygens (including phenoxy) is 1. The second kappa shape index (κ2) is 6.33.